The lowest BCUT2D eigenvalue weighted by atomic mass is 9.87. The zero-order valence-corrected chi connectivity index (χ0v) is 19.0. The van der Waals surface area contributed by atoms with Crippen LogP contribution in [0.15, 0.2) is 53.5 Å². The highest BCUT2D eigenvalue weighted by Crippen LogP contribution is 2.24. The van der Waals surface area contributed by atoms with Gasteiger partial charge in [-0.25, -0.2) is 0 Å². The van der Waals surface area contributed by atoms with Gasteiger partial charge in [0.2, 0.25) is 0 Å². The largest absolute Gasteiger partial charge is 0.492 e. The van der Waals surface area contributed by atoms with E-state index in [0.29, 0.717) is 31.2 Å². The lowest BCUT2D eigenvalue weighted by Gasteiger charge is -2.19. The second kappa shape index (κ2) is 10.7. The van der Waals surface area contributed by atoms with Gasteiger partial charge in [-0.15, -0.1) is 0 Å². The third-order valence-electron chi connectivity index (χ3n) is 4.67. The van der Waals surface area contributed by atoms with Gasteiger partial charge in [-0.3, -0.25) is 9.79 Å². The molecule has 30 heavy (non-hydrogen) atoms. The minimum Gasteiger partial charge on any atom is -0.492 e. The SMILES string of the molecule is CN=C(NCCOc1ccc(C(C)(C)C)cc1)NCc1ccc(C(=O)N(C)C)cc1. The van der Waals surface area contributed by atoms with Crippen LogP contribution in [-0.4, -0.2) is 51.1 Å². The molecule has 0 atom stereocenters. The summed E-state index contributed by atoms with van der Waals surface area (Å²) in [5.41, 5.74) is 3.18. The molecule has 6 heteroatoms. The van der Waals surface area contributed by atoms with Crippen molar-refractivity contribution in [1.82, 2.24) is 15.5 Å². The van der Waals surface area contributed by atoms with Gasteiger partial charge in [0.25, 0.3) is 5.91 Å². The number of benzene rings is 2. The van der Waals surface area contributed by atoms with Crippen LogP contribution in [0.2, 0.25) is 0 Å². The van der Waals surface area contributed by atoms with Gasteiger partial charge in [-0.05, 0) is 40.8 Å². The van der Waals surface area contributed by atoms with Gasteiger partial charge in [0.15, 0.2) is 5.96 Å². The molecule has 2 rings (SSSR count). The Bertz CT molecular complexity index is 835. The van der Waals surface area contributed by atoms with Crippen LogP contribution in [0.1, 0.15) is 42.3 Å². The number of rotatable bonds is 7. The maximum absolute atomic E-state index is 11.9. The topological polar surface area (TPSA) is 66.0 Å². The van der Waals surface area contributed by atoms with Crippen molar-refractivity contribution in [2.45, 2.75) is 32.7 Å². The van der Waals surface area contributed by atoms with Crippen molar-refractivity contribution in [2.24, 2.45) is 4.99 Å². The smallest absolute Gasteiger partial charge is 0.253 e. The van der Waals surface area contributed by atoms with E-state index < -0.39 is 0 Å². The maximum Gasteiger partial charge on any atom is 0.253 e. The summed E-state index contributed by atoms with van der Waals surface area (Å²) in [7, 11) is 5.23. The van der Waals surface area contributed by atoms with Crippen LogP contribution in [0.4, 0.5) is 0 Å². The Hall–Kier alpha value is -3.02. The van der Waals surface area contributed by atoms with Crippen molar-refractivity contribution >= 4 is 11.9 Å². The highest BCUT2D eigenvalue weighted by Gasteiger charge is 2.13. The lowest BCUT2D eigenvalue weighted by molar-refractivity contribution is 0.0827. The predicted molar refractivity (Wildman–Crippen MR) is 123 cm³/mol. The van der Waals surface area contributed by atoms with Crippen LogP contribution < -0.4 is 15.4 Å². The van der Waals surface area contributed by atoms with Crippen molar-refractivity contribution in [3.05, 3.63) is 65.2 Å². The van der Waals surface area contributed by atoms with E-state index in [-0.39, 0.29) is 11.3 Å². The Morgan fingerprint density at radius 3 is 2.17 bits per heavy atom. The summed E-state index contributed by atoms with van der Waals surface area (Å²) in [6.45, 7) is 8.38. The number of hydrogen-bond donors (Lipinski definition) is 2. The van der Waals surface area contributed by atoms with E-state index >= 15 is 0 Å². The van der Waals surface area contributed by atoms with Gasteiger partial charge in [-0.2, -0.15) is 0 Å². The summed E-state index contributed by atoms with van der Waals surface area (Å²) < 4.78 is 5.81. The molecule has 2 N–H and O–H groups in total. The number of carbonyl (C=O) groups is 1. The number of nitrogens with one attached hydrogen (secondary N) is 2. The molecule has 0 saturated carbocycles. The Balaban J connectivity index is 1.74. The highest BCUT2D eigenvalue weighted by molar-refractivity contribution is 5.93. The van der Waals surface area contributed by atoms with E-state index in [2.05, 4.69) is 48.5 Å². The molecule has 0 aliphatic rings. The monoisotopic (exact) mass is 410 g/mol. The second-order valence-electron chi connectivity index (χ2n) is 8.37. The third-order valence-corrected chi connectivity index (χ3v) is 4.67. The highest BCUT2D eigenvalue weighted by atomic mass is 16.5. The number of ether oxygens (including phenoxy) is 1. The summed E-state index contributed by atoms with van der Waals surface area (Å²) in [6, 6.07) is 15.8. The normalized spacial score (nSPS) is 11.7. The molecule has 0 saturated heterocycles. The number of hydrogen-bond acceptors (Lipinski definition) is 3. The number of carbonyl (C=O) groups excluding carboxylic acids is 1. The number of nitrogens with zero attached hydrogens (tertiary/aromatic N) is 2. The van der Waals surface area contributed by atoms with E-state index in [9.17, 15) is 4.79 Å². The third kappa shape index (κ3) is 7.10. The molecular formula is C24H34N4O2. The van der Waals surface area contributed by atoms with Gasteiger partial charge < -0.3 is 20.3 Å². The van der Waals surface area contributed by atoms with E-state index in [1.165, 1.54) is 5.56 Å². The van der Waals surface area contributed by atoms with Gasteiger partial charge in [-0.1, -0.05) is 45.0 Å². The molecule has 6 nitrogen and oxygen atoms in total. The molecule has 0 bridgehead atoms. The Morgan fingerprint density at radius 1 is 1.00 bits per heavy atom. The fourth-order valence-electron chi connectivity index (χ4n) is 2.82. The Morgan fingerprint density at radius 2 is 1.63 bits per heavy atom. The Labute approximate surface area is 180 Å². The molecule has 0 aliphatic heterocycles. The zero-order valence-electron chi connectivity index (χ0n) is 19.0. The van der Waals surface area contributed by atoms with Gasteiger partial charge in [0, 0.05) is 33.3 Å². The fourth-order valence-corrected chi connectivity index (χ4v) is 2.82. The fraction of sp³-hybridized carbons (Fsp3) is 0.417. The van der Waals surface area contributed by atoms with Crippen molar-refractivity contribution in [1.29, 1.82) is 0 Å². The van der Waals surface area contributed by atoms with Gasteiger partial charge in [0.1, 0.15) is 12.4 Å². The zero-order chi connectivity index (χ0) is 22.1. The first-order valence-electron chi connectivity index (χ1n) is 10.2. The minimum absolute atomic E-state index is 0.0000293. The van der Waals surface area contributed by atoms with Crippen molar-refractivity contribution in [2.75, 3.05) is 34.3 Å². The van der Waals surface area contributed by atoms with Gasteiger partial charge in [0.05, 0.1) is 6.54 Å². The molecule has 0 aliphatic carbocycles. The molecule has 1 amide bonds. The first-order chi connectivity index (χ1) is 14.2. The number of guanidine groups is 1. The molecule has 0 fully saturated rings. The molecular weight excluding hydrogens is 376 g/mol. The summed E-state index contributed by atoms with van der Waals surface area (Å²) in [4.78, 5) is 17.8. The Kier molecular flexibility index (Phi) is 8.27. The second-order valence-corrected chi connectivity index (χ2v) is 8.37. The molecule has 0 spiro atoms. The first kappa shape index (κ1) is 23.3. The van der Waals surface area contributed by atoms with Crippen molar-refractivity contribution in [3.8, 4) is 5.75 Å². The van der Waals surface area contributed by atoms with Crippen LogP contribution >= 0.6 is 0 Å². The van der Waals surface area contributed by atoms with E-state index in [4.69, 9.17) is 4.74 Å². The molecule has 2 aromatic carbocycles. The van der Waals surface area contributed by atoms with Crippen molar-refractivity contribution in [3.63, 3.8) is 0 Å². The summed E-state index contributed by atoms with van der Waals surface area (Å²) in [5, 5.41) is 6.51. The van der Waals surface area contributed by atoms with Crippen LogP contribution in [-0.2, 0) is 12.0 Å². The minimum atomic E-state index is 0.0000293. The standard InChI is InChI=1S/C24H34N4O2/c1-24(2,3)20-11-13-21(14-12-20)30-16-15-26-23(25-4)27-17-18-7-9-19(10-8-18)22(29)28(5)6/h7-14H,15-17H2,1-6H3,(H2,25,26,27). The predicted octanol–water partition coefficient (Wildman–Crippen LogP) is 3.43. The number of amides is 1. The molecule has 0 radical (unpaired) electrons. The molecule has 2 aromatic rings. The summed E-state index contributed by atoms with van der Waals surface area (Å²) >= 11 is 0. The van der Waals surface area contributed by atoms with Crippen LogP contribution in [0.3, 0.4) is 0 Å². The van der Waals surface area contributed by atoms with Crippen LogP contribution in [0.25, 0.3) is 0 Å². The first-order valence-corrected chi connectivity index (χ1v) is 10.2. The number of aliphatic imine (C=N–C) groups is 1. The molecule has 0 unspecified atom stereocenters. The molecule has 162 valence electrons. The lowest BCUT2D eigenvalue weighted by Crippen LogP contribution is -2.38. The average Bonchev–Trinajstić information content (AvgIpc) is 2.72. The maximum atomic E-state index is 11.9. The molecule has 0 heterocycles. The van der Waals surface area contributed by atoms with E-state index in [0.717, 1.165) is 11.3 Å². The quantitative estimate of drug-likeness (QED) is 0.417. The summed E-state index contributed by atoms with van der Waals surface area (Å²) in [5.74, 6) is 1.57. The van der Waals surface area contributed by atoms with Crippen LogP contribution in [0, 0.1) is 0 Å². The average molecular weight is 411 g/mol. The van der Waals surface area contributed by atoms with Crippen molar-refractivity contribution < 1.29 is 9.53 Å². The van der Waals surface area contributed by atoms with E-state index in [1.807, 2.05) is 36.4 Å². The van der Waals surface area contributed by atoms with E-state index in [1.54, 1.807) is 26.0 Å². The van der Waals surface area contributed by atoms with Crippen LogP contribution in [0.5, 0.6) is 5.75 Å². The summed E-state index contributed by atoms with van der Waals surface area (Å²) in [6.07, 6.45) is 0. The molecule has 0 aromatic heterocycles. The van der Waals surface area contributed by atoms with Gasteiger partial charge >= 0.3 is 0 Å².